The number of likely N-dealkylation sites (tertiary alicyclic amines) is 1. The number of piperidine rings is 1. The molecule has 3 aliphatic rings. The molecule has 0 spiro atoms. The third kappa shape index (κ3) is 4.41. The van der Waals surface area contributed by atoms with Crippen LogP contribution in [0.1, 0.15) is 49.4 Å². The van der Waals surface area contributed by atoms with Crippen molar-refractivity contribution in [2.75, 3.05) is 45.9 Å². The molecule has 2 aliphatic heterocycles. The minimum atomic E-state index is -0.247. The molecule has 3 fully saturated rings. The quantitative estimate of drug-likeness (QED) is 0.802. The average Bonchev–Trinajstić information content (AvgIpc) is 2.78. The minimum absolute atomic E-state index is 0.247. The predicted octanol–water partition coefficient (Wildman–Crippen LogP) is 2.53. The number of nitrogens with zero attached hydrogens (tertiary/aromatic N) is 3. The number of rotatable bonds is 5. The van der Waals surface area contributed by atoms with E-state index in [1.54, 1.807) is 0 Å². The molecule has 1 amide bonds. The highest BCUT2D eigenvalue weighted by Crippen LogP contribution is 2.47. The topological polar surface area (TPSA) is 57.7 Å². The van der Waals surface area contributed by atoms with Crippen LogP contribution in [0, 0.1) is 25.2 Å². The zero-order valence-electron chi connectivity index (χ0n) is 19.0. The molecule has 6 nitrogen and oxygen atoms in total. The van der Waals surface area contributed by atoms with E-state index in [1.807, 2.05) is 13.1 Å². The van der Waals surface area contributed by atoms with Crippen LogP contribution in [0.4, 0.5) is 0 Å². The highest BCUT2D eigenvalue weighted by atomic mass is 16.5. The van der Waals surface area contributed by atoms with Gasteiger partial charge in [0.25, 0.3) is 0 Å². The van der Waals surface area contributed by atoms with E-state index in [1.165, 1.54) is 5.56 Å². The first kappa shape index (κ1) is 21.7. The van der Waals surface area contributed by atoms with Crippen LogP contribution < -0.4 is 5.32 Å². The average molecular weight is 415 g/mol. The first-order valence-electron chi connectivity index (χ1n) is 11.8. The van der Waals surface area contributed by atoms with Crippen LogP contribution in [-0.2, 0) is 16.1 Å². The third-order valence-corrected chi connectivity index (χ3v) is 7.82. The van der Waals surface area contributed by atoms with E-state index in [9.17, 15) is 4.79 Å². The largest absolute Gasteiger partial charge is 0.379 e. The van der Waals surface area contributed by atoms with Gasteiger partial charge in [0, 0.05) is 44.1 Å². The summed E-state index contributed by atoms with van der Waals surface area (Å²) in [5, 5.41) is 3.32. The Hall–Kier alpha value is -1.50. The molecule has 1 aromatic rings. The fourth-order valence-corrected chi connectivity index (χ4v) is 5.90. The SMILES string of the molecule is CCN1CC[C@@H]2C[C@@H](N3CCOCC3)CC[C@@]2(C(=O)NCc2cnc(C)cc2C)C1. The minimum Gasteiger partial charge on any atom is -0.379 e. The van der Waals surface area contributed by atoms with Crippen molar-refractivity contribution in [2.24, 2.45) is 11.3 Å². The molecule has 0 bridgehead atoms. The molecule has 1 aromatic heterocycles. The number of pyridine rings is 1. The molecule has 1 N–H and O–H groups in total. The summed E-state index contributed by atoms with van der Waals surface area (Å²) in [6, 6.07) is 2.70. The van der Waals surface area contributed by atoms with Crippen LogP contribution in [0.15, 0.2) is 12.3 Å². The molecule has 0 radical (unpaired) electrons. The van der Waals surface area contributed by atoms with Crippen LogP contribution in [0.5, 0.6) is 0 Å². The van der Waals surface area contributed by atoms with Crippen LogP contribution in [0.3, 0.4) is 0 Å². The number of morpholine rings is 1. The summed E-state index contributed by atoms with van der Waals surface area (Å²) in [5.41, 5.74) is 3.09. The summed E-state index contributed by atoms with van der Waals surface area (Å²) in [4.78, 5) is 23.2. The van der Waals surface area contributed by atoms with Gasteiger partial charge in [-0.15, -0.1) is 0 Å². The maximum absolute atomic E-state index is 13.7. The van der Waals surface area contributed by atoms with E-state index in [0.717, 1.165) is 82.9 Å². The standard InChI is InChI=1S/C24H38N4O2/c1-4-27-8-6-21-14-22(28-9-11-30-12-10-28)5-7-24(21,17-27)23(29)26-16-20-15-25-19(3)13-18(20)2/h13,15,21-22H,4-12,14,16-17H2,1-3H3,(H,26,29)/t21-,22+,24-/m1/s1. The Kier molecular flexibility index (Phi) is 6.75. The van der Waals surface area contributed by atoms with Gasteiger partial charge in [0.2, 0.25) is 5.91 Å². The molecule has 1 aliphatic carbocycles. The lowest BCUT2D eigenvalue weighted by Crippen LogP contribution is -2.60. The summed E-state index contributed by atoms with van der Waals surface area (Å²) in [5.74, 6) is 0.727. The highest BCUT2D eigenvalue weighted by Gasteiger charge is 2.52. The molecule has 1 saturated carbocycles. The summed E-state index contributed by atoms with van der Waals surface area (Å²) < 4.78 is 5.56. The monoisotopic (exact) mass is 414 g/mol. The van der Waals surface area contributed by atoms with Gasteiger partial charge in [0.15, 0.2) is 0 Å². The molecule has 0 aromatic carbocycles. The van der Waals surface area contributed by atoms with Gasteiger partial charge in [-0.05, 0) is 75.7 Å². The second-order valence-electron chi connectivity index (χ2n) is 9.52. The number of fused-ring (bicyclic) bond motifs is 1. The molecule has 3 atom stereocenters. The summed E-state index contributed by atoms with van der Waals surface area (Å²) in [6.07, 6.45) is 6.30. The van der Waals surface area contributed by atoms with Gasteiger partial charge in [-0.1, -0.05) is 6.92 Å². The highest BCUT2D eigenvalue weighted by molar-refractivity contribution is 5.83. The van der Waals surface area contributed by atoms with E-state index in [2.05, 4.69) is 40.0 Å². The van der Waals surface area contributed by atoms with E-state index in [4.69, 9.17) is 4.74 Å². The first-order valence-corrected chi connectivity index (χ1v) is 11.8. The Morgan fingerprint density at radius 3 is 2.80 bits per heavy atom. The number of aryl methyl sites for hydroxylation is 2. The van der Waals surface area contributed by atoms with Gasteiger partial charge in [0.1, 0.15) is 0 Å². The summed E-state index contributed by atoms with van der Waals surface area (Å²) in [6.45, 7) is 13.7. The van der Waals surface area contributed by atoms with Gasteiger partial charge in [0.05, 0.1) is 18.6 Å². The fourth-order valence-electron chi connectivity index (χ4n) is 5.90. The van der Waals surface area contributed by atoms with E-state index in [0.29, 0.717) is 18.5 Å². The maximum atomic E-state index is 13.7. The molecule has 166 valence electrons. The first-order chi connectivity index (χ1) is 14.5. The number of amides is 1. The van der Waals surface area contributed by atoms with E-state index < -0.39 is 0 Å². The zero-order chi connectivity index (χ0) is 21.1. The normalized spacial score (nSPS) is 30.6. The Labute approximate surface area is 181 Å². The number of carbonyl (C=O) groups is 1. The molecule has 30 heavy (non-hydrogen) atoms. The number of nitrogens with one attached hydrogen (secondary N) is 1. The molecular formula is C24H38N4O2. The number of hydrogen-bond acceptors (Lipinski definition) is 5. The number of carbonyl (C=O) groups excluding carboxylic acids is 1. The van der Waals surface area contributed by atoms with Gasteiger partial charge in [-0.2, -0.15) is 0 Å². The Balaban J connectivity index is 1.47. The van der Waals surface area contributed by atoms with Crippen molar-refractivity contribution < 1.29 is 9.53 Å². The fraction of sp³-hybridized carbons (Fsp3) is 0.750. The predicted molar refractivity (Wildman–Crippen MR) is 118 cm³/mol. The van der Waals surface area contributed by atoms with Crippen molar-refractivity contribution in [3.05, 3.63) is 29.1 Å². The molecule has 2 saturated heterocycles. The third-order valence-electron chi connectivity index (χ3n) is 7.82. The molecule has 4 rings (SSSR count). The lowest BCUT2D eigenvalue weighted by molar-refractivity contribution is -0.145. The zero-order valence-corrected chi connectivity index (χ0v) is 19.0. The molecule has 0 unspecified atom stereocenters. The van der Waals surface area contributed by atoms with Crippen molar-refractivity contribution >= 4 is 5.91 Å². The summed E-state index contributed by atoms with van der Waals surface area (Å²) >= 11 is 0. The number of ether oxygens (including phenoxy) is 1. The van der Waals surface area contributed by atoms with E-state index >= 15 is 0 Å². The van der Waals surface area contributed by atoms with Crippen LogP contribution in [0.2, 0.25) is 0 Å². The van der Waals surface area contributed by atoms with Gasteiger partial charge >= 0.3 is 0 Å². The molecule has 3 heterocycles. The Bertz CT molecular complexity index is 749. The maximum Gasteiger partial charge on any atom is 0.228 e. The van der Waals surface area contributed by atoms with Crippen molar-refractivity contribution in [1.82, 2.24) is 20.1 Å². The van der Waals surface area contributed by atoms with Crippen LogP contribution >= 0.6 is 0 Å². The smallest absolute Gasteiger partial charge is 0.228 e. The van der Waals surface area contributed by atoms with Crippen molar-refractivity contribution in [1.29, 1.82) is 0 Å². The van der Waals surface area contributed by atoms with Crippen molar-refractivity contribution in [2.45, 2.75) is 59.0 Å². The van der Waals surface area contributed by atoms with Crippen LogP contribution in [0.25, 0.3) is 0 Å². The lowest BCUT2D eigenvalue weighted by atomic mass is 9.61. The Morgan fingerprint density at radius 1 is 1.27 bits per heavy atom. The van der Waals surface area contributed by atoms with Crippen molar-refractivity contribution in [3.8, 4) is 0 Å². The van der Waals surface area contributed by atoms with Crippen molar-refractivity contribution in [3.63, 3.8) is 0 Å². The lowest BCUT2D eigenvalue weighted by Gasteiger charge is -2.53. The van der Waals surface area contributed by atoms with Gasteiger partial charge in [-0.3, -0.25) is 14.7 Å². The number of hydrogen-bond donors (Lipinski definition) is 1. The molecular weight excluding hydrogens is 376 g/mol. The second-order valence-corrected chi connectivity index (χ2v) is 9.52. The summed E-state index contributed by atoms with van der Waals surface area (Å²) in [7, 11) is 0. The second kappa shape index (κ2) is 9.33. The van der Waals surface area contributed by atoms with E-state index in [-0.39, 0.29) is 11.3 Å². The molecule has 6 heteroatoms. The van der Waals surface area contributed by atoms with Gasteiger partial charge in [-0.25, -0.2) is 0 Å². The number of aromatic nitrogens is 1. The Morgan fingerprint density at radius 2 is 2.07 bits per heavy atom. The van der Waals surface area contributed by atoms with Crippen LogP contribution in [-0.4, -0.2) is 72.7 Å². The van der Waals surface area contributed by atoms with Gasteiger partial charge < -0.3 is 15.0 Å².